The Kier molecular flexibility index (Phi) is 3.61. The maximum atomic E-state index is 12.5. The predicted molar refractivity (Wildman–Crippen MR) is 53.6 cm³/mol. The van der Waals surface area contributed by atoms with Gasteiger partial charge in [-0.25, -0.2) is 0 Å². The highest BCUT2D eigenvalue weighted by atomic mass is 19.4. The maximum Gasteiger partial charge on any atom is 0.435 e. The molecule has 0 fully saturated rings. The third-order valence-electron chi connectivity index (χ3n) is 1.91. The first-order chi connectivity index (χ1) is 6.12. The molecular weight excluding hydrogens is 205 g/mol. The van der Waals surface area contributed by atoms with Gasteiger partial charge in [0.15, 0.2) is 5.69 Å². The van der Waals surface area contributed by atoms with Gasteiger partial charge >= 0.3 is 6.18 Å². The van der Waals surface area contributed by atoms with Crippen LogP contribution < -0.4 is 0 Å². The molecule has 1 heterocycles. The number of halogens is 3. The normalized spacial score (nSPS) is 12.5. The van der Waals surface area contributed by atoms with Crippen LogP contribution in [0.25, 0.3) is 0 Å². The molecule has 88 valence electrons. The zero-order valence-corrected chi connectivity index (χ0v) is 8.61. The van der Waals surface area contributed by atoms with Crippen LogP contribution in [-0.2, 0) is 18.6 Å². The second kappa shape index (κ2) is 3.87. The molecule has 0 aliphatic carbocycles. The number of alkyl halides is 3. The molecule has 0 amide bonds. The zero-order valence-electron chi connectivity index (χ0n) is 8.61. The highest BCUT2D eigenvalue weighted by Crippen LogP contribution is 2.36. The fourth-order valence-corrected chi connectivity index (χ4v) is 1.25. The van der Waals surface area contributed by atoms with Crippen molar-refractivity contribution in [3.05, 3.63) is 17.5 Å². The van der Waals surface area contributed by atoms with E-state index >= 15 is 0 Å². The lowest BCUT2D eigenvalue weighted by molar-refractivity contribution is -0.142. The fraction of sp³-hybridized carbons (Fsp3) is 0.700. The topological polar surface area (TPSA) is 17.8 Å². The van der Waals surface area contributed by atoms with Gasteiger partial charge in [-0.1, -0.05) is 28.2 Å². The Bertz CT molecular complexity index is 300. The Labute approximate surface area is 88.1 Å². The lowest BCUT2D eigenvalue weighted by Crippen LogP contribution is -2.18. The molecule has 2 nitrogen and oxygen atoms in total. The number of hydrogen-bond donors (Lipinski definition) is 0. The Morgan fingerprint density at radius 2 is 1.67 bits per heavy atom. The van der Waals surface area contributed by atoms with Crippen molar-refractivity contribution in [1.29, 1.82) is 0 Å². The summed E-state index contributed by atoms with van der Waals surface area (Å²) < 4.78 is 38.7. The Morgan fingerprint density at radius 3 is 1.93 bits per heavy atom. The van der Waals surface area contributed by atoms with Gasteiger partial charge in [-0.3, -0.25) is 4.68 Å². The first-order valence-electron chi connectivity index (χ1n) is 4.23. The maximum absolute atomic E-state index is 12.5. The van der Waals surface area contributed by atoms with Crippen LogP contribution in [0.4, 0.5) is 13.2 Å². The van der Waals surface area contributed by atoms with Crippen LogP contribution in [0.3, 0.4) is 0 Å². The summed E-state index contributed by atoms with van der Waals surface area (Å²) in [6, 6.07) is 0. The van der Waals surface area contributed by atoms with E-state index in [-0.39, 0.29) is 13.0 Å². The lowest BCUT2D eigenvalue weighted by Gasteiger charge is -2.18. The molecule has 5 heteroatoms. The molecule has 0 saturated carbocycles. The van der Waals surface area contributed by atoms with Crippen molar-refractivity contribution in [3.8, 4) is 0 Å². The highest BCUT2D eigenvalue weighted by Gasteiger charge is 2.39. The van der Waals surface area contributed by atoms with Gasteiger partial charge in [-0.2, -0.15) is 18.3 Å². The summed E-state index contributed by atoms with van der Waals surface area (Å²) in [6.45, 7) is 5.21. The Balaban J connectivity index is 0.00000196. The molecule has 0 aromatic carbocycles. The summed E-state index contributed by atoms with van der Waals surface area (Å²) in [5.74, 6) is 0. The van der Waals surface area contributed by atoms with E-state index in [4.69, 9.17) is 0 Å². The summed E-state index contributed by atoms with van der Waals surface area (Å²) in [5.41, 5.74) is -1.10. The number of aromatic nitrogens is 2. The van der Waals surface area contributed by atoms with Gasteiger partial charge in [-0.15, -0.1) is 0 Å². The summed E-state index contributed by atoms with van der Waals surface area (Å²) in [6.07, 6.45) is -2.95. The van der Waals surface area contributed by atoms with Crippen molar-refractivity contribution in [2.45, 2.75) is 39.8 Å². The van der Waals surface area contributed by atoms with Gasteiger partial charge < -0.3 is 0 Å². The van der Waals surface area contributed by atoms with Crippen LogP contribution in [0.5, 0.6) is 0 Å². The SMILES string of the molecule is C.Cn1cc(C(C)(C)C)c(C(F)(F)F)n1. The van der Waals surface area contributed by atoms with E-state index in [1.165, 1.54) is 17.9 Å². The third-order valence-corrected chi connectivity index (χ3v) is 1.91. The van der Waals surface area contributed by atoms with Gasteiger partial charge in [0.1, 0.15) is 0 Å². The van der Waals surface area contributed by atoms with Crippen LogP contribution in [-0.4, -0.2) is 9.78 Å². The fourth-order valence-electron chi connectivity index (χ4n) is 1.25. The van der Waals surface area contributed by atoms with Crippen molar-refractivity contribution >= 4 is 0 Å². The molecule has 1 rings (SSSR count). The summed E-state index contributed by atoms with van der Waals surface area (Å²) in [4.78, 5) is 0. The van der Waals surface area contributed by atoms with E-state index in [1.54, 1.807) is 20.8 Å². The van der Waals surface area contributed by atoms with E-state index in [9.17, 15) is 13.2 Å². The molecular formula is C10H17F3N2. The van der Waals surface area contributed by atoms with Crippen LogP contribution in [0.15, 0.2) is 6.20 Å². The third kappa shape index (κ3) is 2.97. The van der Waals surface area contributed by atoms with Gasteiger partial charge in [0.05, 0.1) is 0 Å². The summed E-state index contributed by atoms with van der Waals surface area (Å²) in [7, 11) is 1.49. The van der Waals surface area contributed by atoms with Gasteiger partial charge in [0.25, 0.3) is 0 Å². The van der Waals surface area contributed by atoms with Gasteiger partial charge in [0, 0.05) is 18.8 Å². The molecule has 0 atom stereocenters. The molecule has 0 aliphatic rings. The second-order valence-electron chi connectivity index (χ2n) is 4.31. The van der Waals surface area contributed by atoms with E-state index in [1.807, 2.05) is 0 Å². The van der Waals surface area contributed by atoms with E-state index in [0.29, 0.717) is 0 Å². The standard InChI is InChI=1S/C9H13F3N2.CH4/c1-8(2,3)6-5-14(4)13-7(6)9(10,11)12;/h5H,1-4H3;1H4. The minimum Gasteiger partial charge on any atom is -0.275 e. The molecule has 0 aliphatic heterocycles. The molecule has 0 spiro atoms. The molecule has 1 aromatic rings. The quantitative estimate of drug-likeness (QED) is 0.658. The van der Waals surface area contributed by atoms with Crippen molar-refractivity contribution in [2.75, 3.05) is 0 Å². The van der Waals surface area contributed by atoms with Gasteiger partial charge in [-0.05, 0) is 5.41 Å². The number of aryl methyl sites for hydroxylation is 1. The Morgan fingerprint density at radius 1 is 1.20 bits per heavy atom. The first kappa shape index (κ1) is 14.0. The molecule has 15 heavy (non-hydrogen) atoms. The first-order valence-corrected chi connectivity index (χ1v) is 4.23. The number of hydrogen-bond acceptors (Lipinski definition) is 1. The van der Waals surface area contributed by atoms with Crippen molar-refractivity contribution in [1.82, 2.24) is 9.78 Å². The van der Waals surface area contributed by atoms with E-state index in [2.05, 4.69) is 5.10 Å². The molecule has 0 unspecified atom stereocenters. The monoisotopic (exact) mass is 222 g/mol. The van der Waals surface area contributed by atoms with E-state index in [0.717, 1.165) is 0 Å². The average molecular weight is 222 g/mol. The largest absolute Gasteiger partial charge is 0.435 e. The van der Waals surface area contributed by atoms with Crippen LogP contribution in [0.1, 0.15) is 39.5 Å². The molecule has 0 saturated heterocycles. The second-order valence-corrected chi connectivity index (χ2v) is 4.31. The highest BCUT2D eigenvalue weighted by molar-refractivity contribution is 5.27. The summed E-state index contributed by atoms with van der Waals surface area (Å²) >= 11 is 0. The van der Waals surface area contributed by atoms with E-state index < -0.39 is 17.3 Å². The van der Waals surface area contributed by atoms with Gasteiger partial charge in [0.2, 0.25) is 0 Å². The molecule has 1 aromatic heterocycles. The Hall–Kier alpha value is -1.00. The molecule has 0 bridgehead atoms. The van der Waals surface area contributed by atoms with Crippen molar-refractivity contribution in [2.24, 2.45) is 7.05 Å². The zero-order chi connectivity index (χ0) is 11.1. The smallest absolute Gasteiger partial charge is 0.275 e. The molecule has 0 radical (unpaired) electrons. The minimum absolute atomic E-state index is 0. The number of nitrogens with zero attached hydrogens (tertiary/aromatic N) is 2. The van der Waals surface area contributed by atoms with Crippen LogP contribution in [0.2, 0.25) is 0 Å². The molecule has 0 N–H and O–H groups in total. The predicted octanol–water partition coefficient (Wildman–Crippen LogP) is 3.37. The lowest BCUT2D eigenvalue weighted by atomic mass is 9.87. The number of rotatable bonds is 0. The average Bonchev–Trinajstić information content (AvgIpc) is 2.27. The van der Waals surface area contributed by atoms with Crippen LogP contribution >= 0.6 is 0 Å². The van der Waals surface area contributed by atoms with Crippen molar-refractivity contribution in [3.63, 3.8) is 0 Å². The minimum atomic E-state index is -4.37. The van der Waals surface area contributed by atoms with Crippen LogP contribution in [0, 0.1) is 0 Å². The summed E-state index contributed by atoms with van der Waals surface area (Å²) in [5, 5.41) is 3.44. The van der Waals surface area contributed by atoms with Crippen molar-refractivity contribution < 1.29 is 13.2 Å².